The van der Waals surface area contributed by atoms with Crippen LogP contribution in [0.3, 0.4) is 0 Å². The van der Waals surface area contributed by atoms with Crippen molar-refractivity contribution in [3.05, 3.63) is 29.3 Å². The maximum atomic E-state index is 5.68. The van der Waals surface area contributed by atoms with Crippen LogP contribution in [0.5, 0.6) is 0 Å². The van der Waals surface area contributed by atoms with E-state index >= 15 is 0 Å². The molecule has 0 heterocycles. The van der Waals surface area contributed by atoms with Crippen LogP contribution in [0.4, 0.5) is 5.69 Å². The molecule has 1 rings (SSSR count). The molecule has 0 atom stereocenters. The van der Waals surface area contributed by atoms with E-state index in [2.05, 4.69) is 17.2 Å². The molecule has 0 saturated heterocycles. The van der Waals surface area contributed by atoms with Gasteiger partial charge in [0, 0.05) is 11.7 Å². The van der Waals surface area contributed by atoms with E-state index in [0.717, 1.165) is 5.69 Å². The molecule has 0 saturated carbocycles. The molecule has 1 N–H and O–H groups in total. The Labute approximate surface area is 64.5 Å². The number of hydrazone groups is 1. The summed E-state index contributed by atoms with van der Waals surface area (Å²) in [4.78, 5) is 0. The van der Waals surface area contributed by atoms with Crippen LogP contribution in [0, 0.1) is 0 Å². The third-order valence-electron chi connectivity index (χ3n) is 1.03. The molecule has 10 heavy (non-hydrogen) atoms. The summed E-state index contributed by atoms with van der Waals surface area (Å²) >= 11 is 5.68. The van der Waals surface area contributed by atoms with Crippen LogP contribution in [0.15, 0.2) is 29.4 Å². The van der Waals surface area contributed by atoms with Gasteiger partial charge < -0.3 is 0 Å². The topological polar surface area (TPSA) is 24.4 Å². The summed E-state index contributed by atoms with van der Waals surface area (Å²) in [6, 6.07) is 7.28. The van der Waals surface area contributed by atoms with Gasteiger partial charge in [-0.25, -0.2) is 0 Å². The number of hydrogen-bond donors (Lipinski definition) is 1. The lowest BCUT2D eigenvalue weighted by molar-refractivity contribution is 1.37. The smallest absolute Gasteiger partial charge is 0.0576 e. The van der Waals surface area contributed by atoms with Gasteiger partial charge in [0.05, 0.1) is 5.69 Å². The van der Waals surface area contributed by atoms with E-state index in [1.54, 1.807) is 12.1 Å². The highest BCUT2D eigenvalue weighted by molar-refractivity contribution is 6.30. The fourth-order valence-electron chi connectivity index (χ4n) is 0.649. The van der Waals surface area contributed by atoms with Crippen LogP contribution in [-0.4, -0.2) is 6.72 Å². The normalized spacial score (nSPS) is 8.90. The molecule has 0 amide bonds. The molecular weight excluding hydrogens is 148 g/mol. The third-order valence-corrected chi connectivity index (χ3v) is 1.27. The second-order valence-electron chi connectivity index (χ2n) is 1.78. The Morgan fingerprint density at radius 3 is 2.90 bits per heavy atom. The van der Waals surface area contributed by atoms with E-state index < -0.39 is 0 Å². The van der Waals surface area contributed by atoms with Crippen LogP contribution in [0.2, 0.25) is 5.02 Å². The van der Waals surface area contributed by atoms with Gasteiger partial charge in [-0.3, -0.25) is 5.43 Å². The predicted molar refractivity (Wildman–Crippen MR) is 44.6 cm³/mol. The van der Waals surface area contributed by atoms with Crippen molar-refractivity contribution in [3.63, 3.8) is 0 Å². The Kier molecular flexibility index (Phi) is 2.29. The number of rotatable bonds is 2. The average Bonchev–Trinajstić information content (AvgIpc) is 1.88. The molecule has 0 aromatic heterocycles. The predicted octanol–water partition coefficient (Wildman–Crippen LogP) is 2.37. The number of halogens is 1. The standard InChI is InChI=1S/C7H7ClN2/c1-9-10-7-4-2-3-6(8)5-7/h2-5,10H,1H2. The molecule has 0 aliphatic carbocycles. The highest BCUT2D eigenvalue weighted by Gasteiger charge is 1.88. The molecule has 1 aromatic rings. The lowest BCUT2D eigenvalue weighted by Crippen LogP contribution is -1.84. The van der Waals surface area contributed by atoms with E-state index in [4.69, 9.17) is 11.6 Å². The summed E-state index contributed by atoms with van der Waals surface area (Å²) in [6.07, 6.45) is 0. The summed E-state index contributed by atoms with van der Waals surface area (Å²) in [5.41, 5.74) is 3.53. The second-order valence-corrected chi connectivity index (χ2v) is 2.22. The largest absolute Gasteiger partial charge is 0.279 e. The van der Waals surface area contributed by atoms with Crippen molar-refractivity contribution in [1.29, 1.82) is 0 Å². The van der Waals surface area contributed by atoms with Crippen LogP contribution >= 0.6 is 11.6 Å². The van der Waals surface area contributed by atoms with E-state index in [1.807, 2.05) is 12.1 Å². The maximum absolute atomic E-state index is 5.68. The summed E-state index contributed by atoms with van der Waals surface area (Å²) in [7, 11) is 0. The zero-order valence-electron chi connectivity index (χ0n) is 5.34. The zero-order chi connectivity index (χ0) is 7.40. The van der Waals surface area contributed by atoms with Crippen LogP contribution in [0.25, 0.3) is 0 Å². The van der Waals surface area contributed by atoms with Crippen molar-refractivity contribution < 1.29 is 0 Å². The lowest BCUT2D eigenvalue weighted by Gasteiger charge is -1.97. The van der Waals surface area contributed by atoms with E-state index in [-0.39, 0.29) is 0 Å². The van der Waals surface area contributed by atoms with Crippen LogP contribution < -0.4 is 5.43 Å². The van der Waals surface area contributed by atoms with Crippen LogP contribution in [-0.2, 0) is 0 Å². The summed E-state index contributed by atoms with van der Waals surface area (Å²) in [5.74, 6) is 0. The quantitative estimate of drug-likeness (QED) is 0.513. The maximum Gasteiger partial charge on any atom is 0.0576 e. The monoisotopic (exact) mass is 154 g/mol. The minimum atomic E-state index is 0.689. The molecule has 0 bridgehead atoms. The lowest BCUT2D eigenvalue weighted by atomic mass is 10.3. The summed E-state index contributed by atoms with van der Waals surface area (Å²) < 4.78 is 0. The van der Waals surface area contributed by atoms with Gasteiger partial charge in [0.25, 0.3) is 0 Å². The minimum Gasteiger partial charge on any atom is -0.279 e. The first kappa shape index (κ1) is 7.09. The van der Waals surface area contributed by atoms with Crippen LogP contribution in [0.1, 0.15) is 0 Å². The number of benzene rings is 1. The van der Waals surface area contributed by atoms with Crippen molar-refractivity contribution in [2.75, 3.05) is 5.43 Å². The molecule has 1 aromatic carbocycles. The number of nitrogens with zero attached hydrogens (tertiary/aromatic N) is 1. The van der Waals surface area contributed by atoms with Gasteiger partial charge in [0.15, 0.2) is 0 Å². The molecule has 52 valence electrons. The number of hydrogen-bond acceptors (Lipinski definition) is 2. The Hall–Kier alpha value is -1.02. The molecule has 0 radical (unpaired) electrons. The summed E-state index contributed by atoms with van der Waals surface area (Å²) in [6.45, 7) is 3.28. The summed E-state index contributed by atoms with van der Waals surface area (Å²) in [5, 5.41) is 4.18. The van der Waals surface area contributed by atoms with Gasteiger partial charge >= 0.3 is 0 Å². The molecule has 0 unspecified atom stereocenters. The molecule has 0 fully saturated rings. The number of anilines is 1. The second kappa shape index (κ2) is 3.22. The fourth-order valence-corrected chi connectivity index (χ4v) is 0.840. The Morgan fingerprint density at radius 1 is 1.50 bits per heavy atom. The minimum absolute atomic E-state index is 0.689. The molecular formula is C7H7ClN2. The SMILES string of the molecule is C=NNc1cccc(Cl)c1. The first-order valence-corrected chi connectivity index (χ1v) is 3.18. The Balaban J connectivity index is 2.84. The fraction of sp³-hybridized carbons (Fsp3) is 0. The van der Waals surface area contributed by atoms with Crippen molar-refractivity contribution in [1.82, 2.24) is 0 Å². The average molecular weight is 155 g/mol. The zero-order valence-corrected chi connectivity index (χ0v) is 6.10. The van der Waals surface area contributed by atoms with Gasteiger partial charge in [-0.15, -0.1) is 0 Å². The van der Waals surface area contributed by atoms with E-state index in [1.165, 1.54) is 0 Å². The highest BCUT2D eigenvalue weighted by atomic mass is 35.5. The third kappa shape index (κ3) is 1.74. The molecule has 0 aliphatic heterocycles. The molecule has 3 heteroatoms. The van der Waals surface area contributed by atoms with Gasteiger partial charge in [-0.05, 0) is 18.2 Å². The highest BCUT2D eigenvalue weighted by Crippen LogP contribution is 2.14. The first-order chi connectivity index (χ1) is 4.83. The van der Waals surface area contributed by atoms with Gasteiger partial charge in [-0.2, -0.15) is 5.10 Å². The van der Waals surface area contributed by atoms with Crippen molar-refractivity contribution in [2.45, 2.75) is 0 Å². The van der Waals surface area contributed by atoms with Crippen molar-refractivity contribution >= 4 is 24.0 Å². The first-order valence-electron chi connectivity index (χ1n) is 2.80. The Morgan fingerprint density at radius 2 is 2.30 bits per heavy atom. The number of nitrogens with one attached hydrogen (secondary N) is 1. The van der Waals surface area contributed by atoms with Crippen molar-refractivity contribution in [2.24, 2.45) is 5.10 Å². The van der Waals surface area contributed by atoms with E-state index in [9.17, 15) is 0 Å². The van der Waals surface area contributed by atoms with Gasteiger partial charge in [-0.1, -0.05) is 17.7 Å². The van der Waals surface area contributed by atoms with Gasteiger partial charge in [0.1, 0.15) is 0 Å². The Bertz CT molecular complexity index is 235. The van der Waals surface area contributed by atoms with Gasteiger partial charge in [0.2, 0.25) is 0 Å². The van der Waals surface area contributed by atoms with Crippen molar-refractivity contribution in [3.8, 4) is 0 Å². The molecule has 0 spiro atoms. The molecule has 0 aliphatic rings. The van der Waals surface area contributed by atoms with E-state index in [0.29, 0.717) is 5.02 Å². The molecule has 2 nitrogen and oxygen atoms in total.